The first-order valence-corrected chi connectivity index (χ1v) is 8.63. The normalized spacial score (nSPS) is 10.4. The predicted octanol–water partition coefficient (Wildman–Crippen LogP) is 3.93. The fourth-order valence-electron chi connectivity index (χ4n) is 3.17. The highest BCUT2D eigenvalue weighted by Crippen LogP contribution is 2.30. The number of carboxylic acids is 1. The van der Waals surface area contributed by atoms with Gasteiger partial charge in [-0.15, -0.1) is 0 Å². The number of benzene rings is 2. The van der Waals surface area contributed by atoms with E-state index in [-0.39, 0.29) is 11.5 Å². The molecular formula is C21H22N4O2. The van der Waals surface area contributed by atoms with Crippen molar-refractivity contribution in [3.05, 3.63) is 83.2 Å². The van der Waals surface area contributed by atoms with Crippen LogP contribution in [-0.2, 0) is 6.54 Å². The summed E-state index contributed by atoms with van der Waals surface area (Å²) in [5, 5.41) is 23.8. The van der Waals surface area contributed by atoms with Gasteiger partial charge in [0.2, 0.25) is 0 Å². The van der Waals surface area contributed by atoms with Crippen LogP contribution in [0.4, 0.5) is 5.69 Å². The van der Waals surface area contributed by atoms with Crippen LogP contribution in [0.3, 0.4) is 0 Å². The Morgan fingerprint density at radius 3 is 2.19 bits per heavy atom. The number of nitrogens with one attached hydrogen (secondary N) is 3. The second-order valence-corrected chi connectivity index (χ2v) is 6.24. The summed E-state index contributed by atoms with van der Waals surface area (Å²) in [6.07, 6.45) is 0. The van der Waals surface area contributed by atoms with Crippen molar-refractivity contribution in [2.45, 2.75) is 20.4 Å². The maximum absolute atomic E-state index is 11.9. The second kappa shape index (κ2) is 7.78. The number of para-hydroxylation sites is 1. The van der Waals surface area contributed by atoms with E-state index in [1.807, 2.05) is 72.2 Å². The molecule has 3 aromatic rings. The molecule has 6 heteroatoms. The van der Waals surface area contributed by atoms with Gasteiger partial charge in [-0.3, -0.25) is 5.41 Å². The molecule has 0 aliphatic rings. The van der Waals surface area contributed by atoms with Crippen LogP contribution in [0.15, 0.2) is 60.7 Å². The maximum Gasteiger partial charge on any atom is 0.339 e. The van der Waals surface area contributed by atoms with Crippen LogP contribution in [0.25, 0.3) is 5.69 Å². The van der Waals surface area contributed by atoms with Gasteiger partial charge < -0.3 is 20.3 Å². The molecule has 3 rings (SSSR count). The lowest BCUT2D eigenvalue weighted by Gasteiger charge is -2.12. The van der Waals surface area contributed by atoms with E-state index < -0.39 is 5.97 Å². The van der Waals surface area contributed by atoms with Crippen molar-refractivity contribution < 1.29 is 9.90 Å². The van der Waals surface area contributed by atoms with Crippen LogP contribution in [-0.4, -0.2) is 21.6 Å². The number of nitrogens with zero attached hydrogens (tertiary/aromatic N) is 1. The van der Waals surface area contributed by atoms with Gasteiger partial charge in [0.25, 0.3) is 0 Å². The van der Waals surface area contributed by atoms with Crippen molar-refractivity contribution in [3.63, 3.8) is 0 Å². The summed E-state index contributed by atoms with van der Waals surface area (Å²) in [6, 6.07) is 19.3. The fourth-order valence-corrected chi connectivity index (χ4v) is 3.17. The molecule has 4 N–H and O–H groups in total. The van der Waals surface area contributed by atoms with Crippen molar-refractivity contribution >= 4 is 17.6 Å². The lowest BCUT2D eigenvalue weighted by Crippen LogP contribution is -2.29. The van der Waals surface area contributed by atoms with Gasteiger partial charge in [-0.1, -0.05) is 48.5 Å². The Kier molecular flexibility index (Phi) is 5.26. The van der Waals surface area contributed by atoms with E-state index in [2.05, 4.69) is 10.6 Å². The van der Waals surface area contributed by atoms with Crippen molar-refractivity contribution in [2.75, 3.05) is 5.32 Å². The van der Waals surface area contributed by atoms with E-state index in [0.717, 1.165) is 16.9 Å². The second-order valence-electron chi connectivity index (χ2n) is 6.24. The average molecular weight is 362 g/mol. The molecule has 0 amide bonds. The number of aromatic carboxylic acids is 1. The summed E-state index contributed by atoms with van der Waals surface area (Å²) in [5.41, 5.74) is 3.87. The van der Waals surface area contributed by atoms with Crippen LogP contribution in [0.1, 0.15) is 27.3 Å². The smallest absolute Gasteiger partial charge is 0.339 e. The van der Waals surface area contributed by atoms with E-state index in [9.17, 15) is 9.90 Å². The van der Waals surface area contributed by atoms with Gasteiger partial charge >= 0.3 is 5.97 Å². The van der Waals surface area contributed by atoms with Crippen molar-refractivity contribution in [1.29, 1.82) is 5.41 Å². The van der Waals surface area contributed by atoms with E-state index >= 15 is 0 Å². The highest BCUT2D eigenvalue weighted by atomic mass is 16.4. The largest absolute Gasteiger partial charge is 0.478 e. The molecule has 0 unspecified atom stereocenters. The summed E-state index contributed by atoms with van der Waals surface area (Å²) >= 11 is 0. The number of anilines is 1. The number of carbonyl (C=O) groups is 1. The summed E-state index contributed by atoms with van der Waals surface area (Å²) in [6.45, 7) is 4.10. The number of carboxylic acid groups (broad SMARTS) is 1. The van der Waals surface area contributed by atoms with Crippen LogP contribution in [0, 0.1) is 19.3 Å². The molecule has 1 aromatic heterocycles. The lowest BCUT2D eigenvalue weighted by molar-refractivity contribution is 0.0697. The molecule has 0 atom stereocenters. The van der Waals surface area contributed by atoms with Gasteiger partial charge in [0.1, 0.15) is 5.56 Å². The molecule has 0 saturated heterocycles. The number of guanidine groups is 1. The summed E-state index contributed by atoms with van der Waals surface area (Å²) in [4.78, 5) is 11.9. The summed E-state index contributed by atoms with van der Waals surface area (Å²) in [5.74, 6) is -0.974. The maximum atomic E-state index is 11.9. The summed E-state index contributed by atoms with van der Waals surface area (Å²) < 4.78 is 1.89. The average Bonchev–Trinajstić information content (AvgIpc) is 2.91. The highest BCUT2D eigenvalue weighted by Gasteiger charge is 2.24. The minimum atomic E-state index is -1.02. The van der Waals surface area contributed by atoms with Crippen LogP contribution in [0.2, 0.25) is 0 Å². The zero-order valence-corrected chi connectivity index (χ0v) is 15.3. The Hall–Kier alpha value is -3.54. The molecule has 0 aliphatic carbocycles. The lowest BCUT2D eigenvalue weighted by atomic mass is 10.2. The highest BCUT2D eigenvalue weighted by molar-refractivity contribution is 6.03. The Morgan fingerprint density at radius 1 is 1.00 bits per heavy atom. The van der Waals surface area contributed by atoms with E-state index in [0.29, 0.717) is 17.9 Å². The zero-order chi connectivity index (χ0) is 19.4. The third kappa shape index (κ3) is 3.84. The molecule has 0 aliphatic heterocycles. The molecule has 1 heterocycles. The van der Waals surface area contributed by atoms with E-state index in [4.69, 9.17) is 5.41 Å². The van der Waals surface area contributed by atoms with Gasteiger partial charge in [-0.05, 0) is 31.5 Å². The topological polar surface area (TPSA) is 90.1 Å². The van der Waals surface area contributed by atoms with E-state index in [1.165, 1.54) is 0 Å². The first-order chi connectivity index (χ1) is 13.0. The minimum absolute atomic E-state index is 0.0506. The third-order valence-electron chi connectivity index (χ3n) is 4.43. The van der Waals surface area contributed by atoms with E-state index in [1.54, 1.807) is 6.92 Å². The van der Waals surface area contributed by atoms with Crippen molar-refractivity contribution in [1.82, 2.24) is 9.88 Å². The predicted molar refractivity (Wildman–Crippen MR) is 107 cm³/mol. The first-order valence-electron chi connectivity index (χ1n) is 8.63. The molecule has 6 nitrogen and oxygen atoms in total. The molecule has 0 spiro atoms. The monoisotopic (exact) mass is 362 g/mol. The Bertz CT molecular complexity index is 963. The molecule has 138 valence electrons. The van der Waals surface area contributed by atoms with Crippen LogP contribution >= 0.6 is 0 Å². The van der Waals surface area contributed by atoms with Gasteiger partial charge in [0, 0.05) is 23.6 Å². The standard InChI is InChI=1S/C21H22N4O2/c1-14-18(20(26)27)19(15(2)25(14)17-11-7-4-8-12-17)24-21(22)23-13-16-9-5-3-6-10-16/h3-12H,13H2,1-2H3,(H,26,27)(H3,22,23,24). The van der Waals surface area contributed by atoms with Gasteiger partial charge in [0.05, 0.1) is 5.69 Å². The number of hydrogen-bond acceptors (Lipinski definition) is 2. The molecule has 2 aromatic carbocycles. The number of hydrogen-bond donors (Lipinski definition) is 4. The van der Waals surface area contributed by atoms with Crippen LogP contribution < -0.4 is 10.6 Å². The zero-order valence-electron chi connectivity index (χ0n) is 15.3. The Labute approximate surface area is 158 Å². The molecular weight excluding hydrogens is 340 g/mol. The SMILES string of the molecule is Cc1c(NC(=N)NCc2ccccc2)c(C(=O)O)c(C)n1-c1ccccc1. The molecule has 0 bridgehead atoms. The number of aromatic nitrogens is 1. The minimum Gasteiger partial charge on any atom is -0.478 e. The van der Waals surface area contributed by atoms with Gasteiger partial charge in [-0.25, -0.2) is 4.79 Å². The van der Waals surface area contributed by atoms with Crippen LogP contribution in [0.5, 0.6) is 0 Å². The Morgan fingerprint density at radius 2 is 1.59 bits per heavy atom. The van der Waals surface area contributed by atoms with Crippen molar-refractivity contribution in [2.24, 2.45) is 0 Å². The summed E-state index contributed by atoms with van der Waals surface area (Å²) in [7, 11) is 0. The Balaban J connectivity index is 1.88. The van der Waals surface area contributed by atoms with Gasteiger partial charge in [0.15, 0.2) is 5.96 Å². The molecule has 27 heavy (non-hydrogen) atoms. The molecule has 0 fully saturated rings. The first kappa shape index (κ1) is 18.3. The van der Waals surface area contributed by atoms with Gasteiger partial charge in [-0.2, -0.15) is 0 Å². The molecule has 0 saturated carbocycles. The third-order valence-corrected chi connectivity index (χ3v) is 4.43. The fraction of sp³-hybridized carbons (Fsp3) is 0.143. The number of rotatable bonds is 5. The van der Waals surface area contributed by atoms with Crippen molar-refractivity contribution in [3.8, 4) is 5.69 Å². The molecule has 0 radical (unpaired) electrons. The quantitative estimate of drug-likeness (QED) is 0.409.